The number of benzene rings is 2. The number of hydrogen-bond acceptors (Lipinski definition) is 3. The van der Waals surface area contributed by atoms with E-state index in [0.717, 1.165) is 47.5 Å². The molecule has 4 heteroatoms. The van der Waals surface area contributed by atoms with Gasteiger partial charge in [-0.2, -0.15) is 5.26 Å². The number of carbonyl (C=O) groups is 1. The van der Waals surface area contributed by atoms with Crippen molar-refractivity contribution in [2.75, 3.05) is 0 Å². The smallest absolute Gasteiger partial charge is 0.204 e. The zero-order valence-corrected chi connectivity index (χ0v) is 15.1. The molecule has 0 saturated carbocycles. The summed E-state index contributed by atoms with van der Waals surface area (Å²) in [6, 6.07) is 17.6. The van der Waals surface area contributed by atoms with E-state index in [-0.39, 0.29) is 11.4 Å². The summed E-state index contributed by atoms with van der Waals surface area (Å²) < 4.78 is 2.16. The number of hydrogen-bond donors (Lipinski definition) is 0. The van der Waals surface area contributed by atoms with Gasteiger partial charge >= 0.3 is 0 Å². The Morgan fingerprint density at radius 3 is 2.52 bits per heavy atom. The first-order valence-corrected chi connectivity index (χ1v) is 9.10. The van der Waals surface area contributed by atoms with Crippen molar-refractivity contribution in [3.8, 4) is 6.07 Å². The third-order valence-corrected chi connectivity index (χ3v) is 4.90. The second-order valence-electron chi connectivity index (χ2n) is 6.65. The molecule has 4 nitrogen and oxygen atoms in total. The minimum atomic E-state index is -0.185. The SMILES string of the molecule is CCCc1nccn1Cc1ccc(C2=C(C#N)C(=O)c3ccccc32)cc1. The molecule has 0 aliphatic heterocycles. The normalized spacial score (nSPS) is 13.0. The van der Waals surface area contributed by atoms with E-state index >= 15 is 0 Å². The van der Waals surface area contributed by atoms with Crippen LogP contribution in [-0.4, -0.2) is 15.3 Å². The van der Waals surface area contributed by atoms with Gasteiger partial charge < -0.3 is 4.57 Å². The van der Waals surface area contributed by atoms with Gasteiger partial charge in [0.25, 0.3) is 0 Å². The molecular weight excluding hydrogens is 334 g/mol. The highest BCUT2D eigenvalue weighted by atomic mass is 16.1. The van der Waals surface area contributed by atoms with Crippen molar-refractivity contribution in [2.24, 2.45) is 0 Å². The van der Waals surface area contributed by atoms with E-state index in [2.05, 4.69) is 34.7 Å². The molecule has 132 valence electrons. The van der Waals surface area contributed by atoms with E-state index in [4.69, 9.17) is 0 Å². The summed E-state index contributed by atoms with van der Waals surface area (Å²) in [5.74, 6) is 0.904. The van der Waals surface area contributed by atoms with Gasteiger partial charge in [-0.05, 0) is 23.1 Å². The number of rotatable bonds is 5. The van der Waals surface area contributed by atoms with Crippen molar-refractivity contribution < 1.29 is 4.79 Å². The molecule has 0 bridgehead atoms. The van der Waals surface area contributed by atoms with Crippen molar-refractivity contribution in [2.45, 2.75) is 26.3 Å². The Labute approximate surface area is 158 Å². The number of carbonyl (C=O) groups excluding carboxylic acids is 1. The van der Waals surface area contributed by atoms with Crippen LogP contribution in [0.2, 0.25) is 0 Å². The maximum atomic E-state index is 12.5. The predicted octanol–water partition coefficient (Wildman–Crippen LogP) is 4.41. The summed E-state index contributed by atoms with van der Waals surface area (Å²) in [5.41, 5.74) is 4.46. The van der Waals surface area contributed by atoms with Crippen LogP contribution in [0.4, 0.5) is 0 Å². The second-order valence-corrected chi connectivity index (χ2v) is 6.65. The van der Waals surface area contributed by atoms with Crippen LogP contribution in [-0.2, 0) is 13.0 Å². The topological polar surface area (TPSA) is 58.7 Å². The number of nitriles is 1. The highest BCUT2D eigenvalue weighted by Crippen LogP contribution is 2.37. The number of fused-ring (bicyclic) bond motifs is 1. The van der Waals surface area contributed by atoms with E-state index in [0.29, 0.717) is 5.56 Å². The summed E-state index contributed by atoms with van der Waals surface area (Å²) in [6.45, 7) is 2.91. The Hall–Kier alpha value is -3.45. The molecule has 0 atom stereocenters. The average molecular weight is 353 g/mol. The van der Waals surface area contributed by atoms with Gasteiger partial charge in [-0.3, -0.25) is 4.79 Å². The van der Waals surface area contributed by atoms with Gasteiger partial charge in [0.2, 0.25) is 5.78 Å². The standard InChI is InChI=1S/C23H19N3O/c1-2-5-21-25-12-13-26(21)15-16-8-10-17(11-9-16)22-18-6-3-4-7-19(18)23(27)20(22)14-24/h3-4,6-13H,2,5,15H2,1H3. The Bertz CT molecular complexity index is 1080. The molecule has 0 unspecified atom stereocenters. The van der Waals surface area contributed by atoms with E-state index in [1.54, 1.807) is 6.07 Å². The number of allylic oxidation sites excluding steroid dienone is 1. The zero-order chi connectivity index (χ0) is 18.8. The molecule has 0 spiro atoms. The van der Waals surface area contributed by atoms with Crippen LogP contribution in [0.15, 0.2) is 66.5 Å². The second kappa shape index (κ2) is 7.05. The predicted molar refractivity (Wildman–Crippen MR) is 104 cm³/mol. The molecule has 4 rings (SSSR count). The summed E-state index contributed by atoms with van der Waals surface area (Å²) in [4.78, 5) is 16.9. The Balaban J connectivity index is 1.66. The van der Waals surface area contributed by atoms with E-state index in [1.165, 1.54) is 0 Å². The van der Waals surface area contributed by atoms with Gasteiger partial charge in [0.05, 0.1) is 0 Å². The maximum Gasteiger partial charge on any atom is 0.204 e. The zero-order valence-electron chi connectivity index (χ0n) is 15.1. The van der Waals surface area contributed by atoms with Crippen LogP contribution in [0.5, 0.6) is 0 Å². The van der Waals surface area contributed by atoms with E-state index < -0.39 is 0 Å². The van der Waals surface area contributed by atoms with Gasteiger partial charge in [-0.15, -0.1) is 0 Å². The van der Waals surface area contributed by atoms with Gasteiger partial charge in [0.1, 0.15) is 17.5 Å². The Kier molecular flexibility index (Phi) is 4.43. The van der Waals surface area contributed by atoms with Crippen molar-refractivity contribution in [1.82, 2.24) is 9.55 Å². The molecule has 27 heavy (non-hydrogen) atoms. The van der Waals surface area contributed by atoms with Crippen LogP contribution >= 0.6 is 0 Å². The molecule has 1 aromatic heterocycles. The Morgan fingerprint density at radius 1 is 1.07 bits per heavy atom. The van der Waals surface area contributed by atoms with Crippen molar-refractivity contribution >= 4 is 11.4 Å². The number of aromatic nitrogens is 2. The fourth-order valence-corrected chi connectivity index (χ4v) is 3.60. The summed E-state index contributed by atoms with van der Waals surface area (Å²) >= 11 is 0. The largest absolute Gasteiger partial charge is 0.331 e. The van der Waals surface area contributed by atoms with Crippen LogP contribution in [0.25, 0.3) is 5.57 Å². The molecule has 3 aromatic rings. The van der Waals surface area contributed by atoms with Crippen LogP contribution in [0, 0.1) is 11.3 Å². The van der Waals surface area contributed by atoms with Gasteiger partial charge in [-0.25, -0.2) is 4.98 Å². The van der Waals surface area contributed by atoms with E-state index in [1.807, 2.05) is 42.7 Å². The van der Waals surface area contributed by atoms with Crippen molar-refractivity contribution in [3.05, 3.63) is 94.6 Å². The van der Waals surface area contributed by atoms with Crippen molar-refractivity contribution in [1.29, 1.82) is 5.26 Å². The minimum absolute atomic E-state index is 0.185. The molecule has 2 aromatic carbocycles. The summed E-state index contributed by atoms with van der Waals surface area (Å²) in [5, 5.41) is 9.51. The first-order valence-electron chi connectivity index (χ1n) is 9.10. The number of ketones is 1. The lowest BCUT2D eigenvalue weighted by molar-refractivity contribution is 0.104. The fourth-order valence-electron chi connectivity index (χ4n) is 3.60. The molecule has 1 aliphatic carbocycles. The highest BCUT2D eigenvalue weighted by molar-refractivity contribution is 6.25. The monoisotopic (exact) mass is 353 g/mol. The van der Waals surface area contributed by atoms with Gasteiger partial charge in [0, 0.05) is 36.5 Å². The van der Waals surface area contributed by atoms with Crippen molar-refractivity contribution in [3.63, 3.8) is 0 Å². The van der Waals surface area contributed by atoms with Gasteiger partial charge in [-0.1, -0.05) is 55.5 Å². The minimum Gasteiger partial charge on any atom is -0.331 e. The quantitative estimate of drug-likeness (QED) is 0.683. The number of nitrogens with zero attached hydrogens (tertiary/aromatic N) is 3. The molecule has 0 amide bonds. The molecular formula is C23H19N3O. The third-order valence-electron chi connectivity index (χ3n) is 4.90. The van der Waals surface area contributed by atoms with Crippen LogP contribution in [0.1, 0.15) is 46.2 Å². The number of imidazole rings is 1. The third kappa shape index (κ3) is 2.98. The fraction of sp³-hybridized carbons (Fsp3) is 0.174. The molecule has 1 aliphatic rings. The molecule has 1 heterocycles. The van der Waals surface area contributed by atoms with Crippen LogP contribution < -0.4 is 0 Å². The lowest BCUT2D eigenvalue weighted by atomic mass is 9.97. The lowest BCUT2D eigenvalue weighted by Crippen LogP contribution is -2.04. The Morgan fingerprint density at radius 2 is 1.81 bits per heavy atom. The van der Waals surface area contributed by atoms with E-state index in [9.17, 15) is 10.1 Å². The number of aryl methyl sites for hydroxylation is 1. The first kappa shape index (κ1) is 17.0. The highest BCUT2D eigenvalue weighted by Gasteiger charge is 2.29. The molecule has 0 N–H and O–H groups in total. The first-order chi connectivity index (χ1) is 13.2. The van der Waals surface area contributed by atoms with Crippen LogP contribution in [0.3, 0.4) is 0 Å². The lowest BCUT2D eigenvalue weighted by Gasteiger charge is -2.10. The molecule has 0 radical (unpaired) electrons. The summed E-state index contributed by atoms with van der Waals surface area (Å²) in [7, 11) is 0. The average Bonchev–Trinajstić information content (AvgIpc) is 3.25. The summed E-state index contributed by atoms with van der Waals surface area (Å²) in [6.07, 6.45) is 5.86. The molecule has 0 fully saturated rings. The van der Waals surface area contributed by atoms with Gasteiger partial charge in [0.15, 0.2) is 0 Å². The number of Topliss-reactive ketones (excluding diaryl/α,β-unsaturated/α-hetero) is 1. The maximum absolute atomic E-state index is 12.5. The molecule has 0 saturated heterocycles.